The molecule has 72 valence electrons. The molecule has 0 aromatic heterocycles. The maximum Gasteiger partial charge on any atom is 0.454 e. The molecule has 4 heteroatoms. The van der Waals surface area contributed by atoms with E-state index in [1.54, 1.807) is 0 Å². The molecule has 0 bridgehead atoms. The van der Waals surface area contributed by atoms with Crippen LogP contribution in [0.3, 0.4) is 0 Å². The maximum atomic E-state index is 10.5. The first-order valence-electron chi connectivity index (χ1n) is 4.44. The van der Waals surface area contributed by atoms with Crippen LogP contribution in [0, 0.1) is 0 Å². The summed E-state index contributed by atoms with van der Waals surface area (Å²) in [4.78, 5) is 0. The lowest BCUT2D eigenvalue weighted by molar-refractivity contribution is 0.588. The summed E-state index contributed by atoms with van der Waals surface area (Å²) in [6, 6.07) is 0. The second-order valence-corrected chi connectivity index (χ2v) is 5.44. The van der Waals surface area contributed by atoms with E-state index in [1.807, 2.05) is 0 Å². The molecule has 0 spiro atoms. The Bertz CT molecular complexity index is 120. The standard InChI is InChI=1S/C8H16Cl2OP/c9-7-5-3-1-2-4-6-8-12(10)11/h1-8H2/q+1. The summed E-state index contributed by atoms with van der Waals surface area (Å²) in [7, 11) is -1.43. The van der Waals surface area contributed by atoms with E-state index >= 15 is 0 Å². The Kier molecular flexibility index (Phi) is 10.3. The number of unbranched alkanes of at least 4 members (excludes halogenated alkanes) is 5. The molecule has 0 rings (SSSR count). The largest absolute Gasteiger partial charge is 0.454 e. The fourth-order valence-corrected chi connectivity index (χ4v) is 2.06. The molecule has 0 saturated carbocycles. The van der Waals surface area contributed by atoms with E-state index in [2.05, 4.69) is 0 Å². The number of alkyl halides is 1. The lowest BCUT2D eigenvalue weighted by atomic mass is 10.1. The van der Waals surface area contributed by atoms with Crippen molar-refractivity contribution in [3.8, 4) is 0 Å². The van der Waals surface area contributed by atoms with Gasteiger partial charge in [0.15, 0.2) is 6.16 Å². The highest BCUT2D eigenvalue weighted by Crippen LogP contribution is 2.27. The van der Waals surface area contributed by atoms with Crippen LogP contribution < -0.4 is 0 Å². The number of hydrogen-bond donors (Lipinski definition) is 0. The van der Waals surface area contributed by atoms with Crippen LogP contribution in [0.15, 0.2) is 0 Å². The number of halogens is 2. The van der Waals surface area contributed by atoms with E-state index in [0.29, 0.717) is 6.16 Å². The summed E-state index contributed by atoms with van der Waals surface area (Å²) < 4.78 is 10.5. The predicted octanol–water partition coefficient (Wildman–Crippen LogP) is 4.55. The van der Waals surface area contributed by atoms with Gasteiger partial charge < -0.3 is 0 Å². The van der Waals surface area contributed by atoms with Crippen molar-refractivity contribution in [2.24, 2.45) is 0 Å². The van der Waals surface area contributed by atoms with E-state index in [-0.39, 0.29) is 0 Å². The zero-order valence-corrected chi connectivity index (χ0v) is 9.67. The number of hydrogen-bond acceptors (Lipinski definition) is 1. The molecule has 0 amide bonds. The van der Waals surface area contributed by atoms with Gasteiger partial charge >= 0.3 is 7.15 Å². The Morgan fingerprint density at radius 2 is 1.42 bits per heavy atom. The summed E-state index contributed by atoms with van der Waals surface area (Å²) in [6.07, 6.45) is 7.62. The molecule has 1 unspecified atom stereocenters. The minimum absolute atomic E-state index is 0.673. The SMILES string of the molecule is O=[P+](Cl)CCCCCCCCCl. The van der Waals surface area contributed by atoms with Crippen molar-refractivity contribution >= 4 is 30.0 Å². The molecule has 1 nitrogen and oxygen atoms in total. The third kappa shape index (κ3) is 10.7. The Balaban J connectivity index is 2.86. The van der Waals surface area contributed by atoms with Crippen LogP contribution in [-0.4, -0.2) is 12.0 Å². The Morgan fingerprint density at radius 1 is 0.917 bits per heavy atom. The van der Waals surface area contributed by atoms with E-state index in [4.69, 9.17) is 22.8 Å². The predicted molar refractivity (Wildman–Crippen MR) is 56.7 cm³/mol. The third-order valence-corrected chi connectivity index (χ3v) is 3.16. The van der Waals surface area contributed by atoms with Gasteiger partial charge in [-0.15, -0.1) is 11.6 Å². The fourth-order valence-electron chi connectivity index (χ4n) is 1.04. The highest BCUT2D eigenvalue weighted by molar-refractivity contribution is 7.73. The first-order valence-corrected chi connectivity index (χ1v) is 7.32. The second-order valence-electron chi connectivity index (χ2n) is 2.85. The Hall–Kier alpha value is 0.680. The van der Waals surface area contributed by atoms with E-state index in [0.717, 1.165) is 25.1 Å². The molecule has 0 fully saturated rings. The van der Waals surface area contributed by atoms with E-state index in [1.165, 1.54) is 19.3 Å². The van der Waals surface area contributed by atoms with Crippen LogP contribution in [0.4, 0.5) is 0 Å². The van der Waals surface area contributed by atoms with Crippen molar-refractivity contribution in [1.82, 2.24) is 0 Å². The third-order valence-electron chi connectivity index (χ3n) is 1.72. The molecule has 0 saturated heterocycles. The van der Waals surface area contributed by atoms with E-state index < -0.39 is 7.15 Å². The second kappa shape index (κ2) is 9.77. The average molecular weight is 230 g/mol. The van der Waals surface area contributed by atoms with Gasteiger partial charge in [-0.3, -0.25) is 0 Å². The van der Waals surface area contributed by atoms with Gasteiger partial charge in [0.1, 0.15) is 0 Å². The normalized spacial score (nSPS) is 11.7. The average Bonchev–Trinajstić information content (AvgIpc) is 2.02. The molecule has 0 aromatic rings. The van der Waals surface area contributed by atoms with Gasteiger partial charge in [0.2, 0.25) is 11.2 Å². The summed E-state index contributed by atoms with van der Waals surface area (Å²) >= 11 is 10.9. The van der Waals surface area contributed by atoms with Crippen LogP contribution in [0.1, 0.15) is 38.5 Å². The quantitative estimate of drug-likeness (QED) is 0.339. The molecule has 0 radical (unpaired) electrons. The molecule has 1 atom stereocenters. The summed E-state index contributed by atoms with van der Waals surface area (Å²) in [5.74, 6) is 0.771. The highest BCUT2D eigenvalue weighted by atomic mass is 35.7. The van der Waals surface area contributed by atoms with Crippen LogP contribution >= 0.6 is 30.0 Å². The Labute approximate surface area is 85.4 Å². The van der Waals surface area contributed by atoms with E-state index in [9.17, 15) is 4.57 Å². The van der Waals surface area contributed by atoms with Gasteiger partial charge in [0.25, 0.3) is 0 Å². The molecule has 0 N–H and O–H groups in total. The smallest absolute Gasteiger partial charge is 0.127 e. The van der Waals surface area contributed by atoms with Crippen LogP contribution in [-0.2, 0) is 4.57 Å². The first-order chi connectivity index (χ1) is 5.77. The molecular formula is C8H16Cl2OP+. The summed E-state index contributed by atoms with van der Waals surface area (Å²) in [5.41, 5.74) is 0. The minimum Gasteiger partial charge on any atom is -0.127 e. The lowest BCUT2D eigenvalue weighted by Crippen LogP contribution is -1.81. The number of rotatable bonds is 8. The molecule has 0 aromatic carbocycles. The van der Waals surface area contributed by atoms with Crippen LogP contribution in [0.2, 0.25) is 0 Å². The van der Waals surface area contributed by atoms with Crippen molar-refractivity contribution in [3.05, 3.63) is 0 Å². The molecule has 0 aliphatic rings. The maximum absolute atomic E-state index is 10.5. The van der Waals surface area contributed by atoms with Crippen molar-refractivity contribution in [2.75, 3.05) is 12.0 Å². The van der Waals surface area contributed by atoms with Gasteiger partial charge in [-0.1, -0.05) is 23.8 Å². The Morgan fingerprint density at radius 3 is 1.92 bits per heavy atom. The molecule has 0 heterocycles. The lowest BCUT2D eigenvalue weighted by Gasteiger charge is -1.96. The fraction of sp³-hybridized carbons (Fsp3) is 1.00. The van der Waals surface area contributed by atoms with Gasteiger partial charge in [-0.2, -0.15) is 0 Å². The van der Waals surface area contributed by atoms with Gasteiger partial charge in [0.05, 0.1) is 0 Å². The molecule has 12 heavy (non-hydrogen) atoms. The van der Waals surface area contributed by atoms with Crippen molar-refractivity contribution in [1.29, 1.82) is 0 Å². The highest BCUT2D eigenvalue weighted by Gasteiger charge is 2.08. The topological polar surface area (TPSA) is 17.1 Å². The zero-order chi connectivity index (χ0) is 9.23. The van der Waals surface area contributed by atoms with Crippen molar-refractivity contribution < 1.29 is 4.57 Å². The van der Waals surface area contributed by atoms with Gasteiger partial charge in [0, 0.05) is 5.88 Å². The molecular weight excluding hydrogens is 214 g/mol. The van der Waals surface area contributed by atoms with Crippen LogP contribution in [0.5, 0.6) is 0 Å². The molecule has 0 aliphatic heterocycles. The minimum atomic E-state index is -1.43. The van der Waals surface area contributed by atoms with Crippen molar-refractivity contribution in [3.63, 3.8) is 0 Å². The summed E-state index contributed by atoms with van der Waals surface area (Å²) in [6.45, 7) is 0. The van der Waals surface area contributed by atoms with Crippen molar-refractivity contribution in [2.45, 2.75) is 38.5 Å². The van der Waals surface area contributed by atoms with Gasteiger partial charge in [-0.05, 0) is 19.3 Å². The first kappa shape index (κ1) is 12.7. The van der Waals surface area contributed by atoms with Crippen LogP contribution in [0.25, 0.3) is 0 Å². The zero-order valence-electron chi connectivity index (χ0n) is 7.27. The van der Waals surface area contributed by atoms with Gasteiger partial charge in [-0.25, -0.2) is 0 Å². The molecule has 0 aliphatic carbocycles. The monoisotopic (exact) mass is 229 g/mol. The summed E-state index contributed by atoms with van der Waals surface area (Å²) in [5, 5.41) is 0.